The van der Waals surface area contributed by atoms with Crippen LogP contribution in [0.15, 0.2) is 41.0 Å². The minimum absolute atomic E-state index is 0.282. The molecule has 0 spiro atoms. The zero-order valence-electron chi connectivity index (χ0n) is 12.3. The number of nitrogens with zero attached hydrogens (tertiary/aromatic N) is 1. The van der Waals surface area contributed by atoms with Crippen LogP contribution >= 0.6 is 15.9 Å². The van der Waals surface area contributed by atoms with Crippen LogP contribution in [0.1, 0.15) is 35.3 Å². The van der Waals surface area contributed by atoms with Crippen molar-refractivity contribution in [2.24, 2.45) is 0 Å². The van der Waals surface area contributed by atoms with E-state index in [1.165, 1.54) is 21.2 Å². The molecule has 0 aliphatic rings. The summed E-state index contributed by atoms with van der Waals surface area (Å²) in [6.45, 7) is 7.27. The Balaban J connectivity index is 2.26. The molecule has 106 valence electrons. The molecule has 2 nitrogen and oxygen atoms in total. The molecule has 1 unspecified atom stereocenters. The number of aryl methyl sites for hydroxylation is 2. The van der Waals surface area contributed by atoms with Gasteiger partial charge in [0, 0.05) is 28.8 Å². The normalized spacial score (nSPS) is 12.4. The predicted octanol–water partition coefficient (Wildman–Crippen LogP) is 4.35. The summed E-state index contributed by atoms with van der Waals surface area (Å²) in [4.78, 5) is 4.52. The predicted molar refractivity (Wildman–Crippen MR) is 88.0 cm³/mol. The van der Waals surface area contributed by atoms with Gasteiger partial charge in [0.15, 0.2) is 0 Å². The topological polar surface area (TPSA) is 24.9 Å². The Hall–Kier alpha value is -1.19. The van der Waals surface area contributed by atoms with Crippen molar-refractivity contribution in [3.63, 3.8) is 0 Å². The van der Waals surface area contributed by atoms with Crippen LogP contribution in [0.4, 0.5) is 0 Å². The fourth-order valence-electron chi connectivity index (χ4n) is 2.31. The highest BCUT2D eigenvalue weighted by Crippen LogP contribution is 2.28. The first-order valence-electron chi connectivity index (χ1n) is 7.01. The SMILES string of the molecule is CCNC(Cc1ccc(C)cn1)c1cccc(C)c1Br. The minimum atomic E-state index is 0.282. The molecule has 2 aromatic rings. The Morgan fingerprint density at radius 3 is 2.65 bits per heavy atom. The highest BCUT2D eigenvalue weighted by atomic mass is 79.9. The van der Waals surface area contributed by atoms with Crippen LogP contribution in [0, 0.1) is 13.8 Å². The van der Waals surface area contributed by atoms with Gasteiger partial charge in [-0.1, -0.05) is 47.1 Å². The van der Waals surface area contributed by atoms with Gasteiger partial charge < -0.3 is 5.32 Å². The summed E-state index contributed by atoms with van der Waals surface area (Å²) in [6, 6.07) is 10.9. The van der Waals surface area contributed by atoms with Gasteiger partial charge in [0.05, 0.1) is 0 Å². The lowest BCUT2D eigenvalue weighted by molar-refractivity contribution is 0.542. The molecule has 0 aliphatic carbocycles. The number of hydrogen-bond acceptors (Lipinski definition) is 2. The van der Waals surface area contributed by atoms with Crippen molar-refractivity contribution in [2.75, 3.05) is 6.54 Å². The number of pyridine rings is 1. The third-order valence-corrected chi connectivity index (χ3v) is 4.52. The van der Waals surface area contributed by atoms with Gasteiger partial charge in [-0.15, -0.1) is 0 Å². The van der Waals surface area contributed by atoms with Crippen molar-refractivity contribution in [1.82, 2.24) is 10.3 Å². The van der Waals surface area contributed by atoms with Crippen molar-refractivity contribution in [3.8, 4) is 0 Å². The number of benzene rings is 1. The van der Waals surface area contributed by atoms with E-state index in [9.17, 15) is 0 Å². The molecule has 3 heteroatoms. The lowest BCUT2D eigenvalue weighted by atomic mass is 9.99. The molecule has 0 fully saturated rings. The third-order valence-electron chi connectivity index (χ3n) is 3.43. The Morgan fingerprint density at radius 2 is 2.00 bits per heavy atom. The van der Waals surface area contributed by atoms with Crippen LogP contribution in [0.25, 0.3) is 0 Å². The van der Waals surface area contributed by atoms with Gasteiger partial charge in [-0.3, -0.25) is 4.98 Å². The van der Waals surface area contributed by atoms with Crippen LogP contribution < -0.4 is 5.32 Å². The molecule has 1 N–H and O–H groups in total. The average Bonchev–Trinajstić information content (AvgIpc) is 2.44. The molecular formula is C17H21BrN2. The van der Waals surface area contributed by atoms with Crippen LogP contribution in [0.2, 0.25) is 0 Å². The summed E-state index contributed by atoms with van der Waals surface area (Å²) in [7, 11) is 0. The second-order valence-electron chi connectivity index (χ2n) is 5.12. The van der Waals surface area contributed by atoms with Gasteiger partial charge >= 0.3 is 0 Å². The molecule has 0 aliphatic heterocycles. The van der Waals surface area contributed by atoms with E-state index >= 15 is 0 Å². The fourth-order valence-corrected chi connectivity index (χ4v) is 2.85. The lowest BCUT2D eigenvalue weighted by Crippen LogP contribution is -2.23. The lowest BCUT2D eigenvalue weighted by Gasteiger charge is -2.20. The maximum Gasteiger partial charge on any atom is 0.0422 e. The molecule has 0 radical (unpaired) electrons. The first-order valence-corrected chi connectivity index (χ1v) is 7.81. The summed E-state index contributed by atoms with van der Waals surface area (Å²) in [5, 5.41) is 3.56. The van der Waals surface area contributed by atoms with E-state index in [4.69, 9.17) is 0 Å². The molecule has 20 heavy (non-hydrogen) atoms. The summed E-state index contributed by atoms with van der Waals surface area (Å²) >= 11 is 3.72. The monoisotopic (exact) mass is 332 g/mol. The van der Waals surface area contributed by atoms with E-state index in [1.807, 2.05) is 6.20 Å². The molecule has 0 saturated heterocycles. The quantitative estimate of drug-likeness (QED) is 0.880. The molecular weight excluding hydrogens is 312 g/mol. The van der Waals surface area contributed by atoms with Crippen molar-refractivity contribution in [1.29, 1.82) is 0 Å². The molecule has 1 aromatic heterocycles. The number of rotatable bonds is 5. The van der Waals surface area contributed by atoms with Crippen LogP contribution in [-0.2, 0) is 6.42 Å². The average molecular weight is 333 g/mol. The van der Waals surface area contributed by atoms with E-state index in [-0.39, 0.29) is 6.04 Å². The standard InChI is InChI=1S/C17H21BrN2/c1-4-19-16(10-14-9-8-12(2)11-20-14)15-7-5-6-13(3)17(15)18/h5-9,11,16,19H,4,10H2,1-3H3. The van der Waals surface area contributed by atoms with Gasteiger partial charge in [0.1, 0.15) is 0 Å². The highest BCUT2D eigenvalue weighted by Gasteiger charge is 2.15. The summed E-state index contributed by atoms with van der Waals surface area (Å²) in [5.41, 5.74) is 4.89. The molecule has 0 saturated carbocycles. The number of halogens is 1. The summed E-state index contributed by atoms with van der Waals surface area (Å²) < 4.78 is 1.19. The zero-order valence-corrected chi connectivity index (χ0v) is 13.9. The summed E-state index contributed by atoms with van der Waals surface area (Å²) in [6.07, 6.45) is 2.83. The van der Waals surface area contributed by atoms with Gasteiger partial charge in [-0.25, -0.2) is 0 Å². The van der Waals surface area contributed by atoms with E-state index in [0.717, 1.165) is 18.7 Å². The van der Waals surface area contributed by atoms with Gasteiger partial charge in [0.2, 0.25) is 0 Å². The Kier molecular flexibility index (Phi) is 5.32. The Bertz CT molecular complexity index is 564. The van der Waals surface area contributed by atoms with E-state index in [0.29, 0.717) is 0 Å². The summed E-state index contributed by atoms with van der Waals surface area (Å²) in [5.74, 6) is 0. The molecule has 1 heterocycles. The van der Waals surface area contributed by atoms with Crippen molar-refractivity contribution >= 4 is 15.9 Å². The number of hydrogen-bond donors (Lipinski definition) is 1. The van der Waals surface area contributed by atoms with Crippen LogP contribution in [0.3, 0.4) is 0 Å². The first-order chi connectivity index (χ1) is 9.61. The fraction of sp³-hybridized carbons (Fsp3) is 0.353. The molecule has 1 atom stereocenters. The van der Waals surface area contributed by atoms with Gasteiger partial charge in [0.25, 0.3) is 0 Å². The minimum Gasteiger partial charge on any atom is -0.310 e. The van der Waals surface area contributed by atoms with Crippen molar-refractivity contribution < 1.29 is 0 Å². The van der Waals surface area contributed by atoms with Crippen molar-refractivity contribution in [3.05, 3.63) is 63.4 Å². The second-order valence-corrected chi connectivity index (χ2v) is 5.91. The molecule has 1 aromatic carbocycles. The largest absolute Gasteiger partial charge is 0.310 e. The molecule has 0 amide bonds. The van der Waals surface area contributed by atoms with E-state index in [2.05, 4.69) is 77.3 Å². The van der Waals surface area contributed by atoms with E-state index in [1.54, 1.807) is 0 Å². The maximum atomic E-state index is 4.52. The first kappa shape index (κ1) is 15.2. The Labute approximate surface area is 129 Å². The Morgan fingerprint density at radius 1 is 1.20 bits per heavy atom. The number of nitrogens with one attached hydrogen (secondary N) is 1. The van der Waals surface area contributed by atoms with Gasteiger partial charge in [-0.05, 0) is 43.1 Å². The highest BCUT2D eigenvalue weighted by molar-refractivity contribution is 9.10. The molecule has 2 rings (SSSR count). The second kappa shape index (κ2) is 7.00. The van der Waals surface area contributed by atoms with Gasteiger partial charge in [-0.2, -0.15) is 0 Å². The maximum absolute atomic E-state index is 4.52. The smallest absolute Gasteiger partial charge is 0.0422 e. The van der Waals surface area contributed by atoms with E-state index < -0.39 is 0 Å². The van der Waals surface area contributed by atoms with Crippen LogP contribution in [-0.4, -0.2) is 11.5 Å². The van der Waals surface area contributed by atoms with Crippen molar-refractivity contribution in [2.45, 2.75) is 33.2 Å². The third kappa shape index (κ3) is 3.68. The van der Waals surface area contributed by atoms with Crippen LogP contribution in [0.5, 0.6) is 0 Å². The number of likely N-dealkylation sites (N-methyl/N-ethyl adjacent to an activating group) is 1. The zero-order chi connectivity index (χ0) is 14.5. The number of aromatic nitrogens is 1. The molecule has 0 bridgehead atoms.